The number of hydrogen-bond acceptors (Lipinski definition) is 2. The zero-order valence-corrected chi connectivity index (χ0v) is 9.30. The van der Waals surface area contributed by atoms with Gasteiger partial charge in [-0.25, -0.2) is 4.98 Å². The van der Waals surface area contributed by atoms with Crippen LogP contribution in [-0.2, 0) is 13.6 Å². The van der Waals surface area contributed by atoms with Gasteiger partial charge in [0.1, 0.15) is 5.82 Å². The topological polar surface area (TPSA) is 29.9 Å². The van der Waals surface area contributed by atoms with Gasteiger partial charge >= 0.3 is 0 Å². The molecule has 3 nitrogen and oxygen atoms in total. The first-order valence-corrected chi connectivity index (χ1v) is 5.33. The van der Waals surface area contributed by atoms with Gasteiger partial charge in [0, 0.05) is 24.5 Å². The monoisotopic (exact) mass is 193 g/mol. The van der Waals surface area contributed by atoms with E-state index in [2.05, 4.69) is 35.8 Å². The normalized spacial score (nSPS) is 19.4. The molecule has 0 saturated heterocycles. The van der Waals surface area contributed by atoms with Crippen molar-refractivity contribution in [3.63, 3.8) is 0 Å². The quantitative estimate of drug-likeness (QED) is 0.792. The number of nitrogens with zero attached hydrogens (tertiary/aromatic N) is 2. The van der Waals surface area contributed by atoms with Crippen molar-refractivity contribution in [2.24, 2.45) is 7.05 Å². The van der Waals surface area contributed by atoms with Crippen LogP contribution in [0.3, 0.4) is 0 Å². The molecule has 2 rings (SSSR count). The van der Waals surface area contributed by atoms with Crippen molar-refractivity contribution in [1.82, 2.24) is 14.9 Å². The molecule has 0 spiro atoms. The molecule has 0 unspecified atom stereocenters. The minimum atomic E-state index is 0.375. The Balaban J connectivity index is 1.94. The Morgan fingerprint density at radius 3 is 2.71 bits per heavy atom. The molecule has 1 N–H and O–H groups in total. The fourth-order valence-corrected chi connectivity index (χ4v) is 1.89. The summed E-state index contributed by atoms with van der Waals surface area (Å²) in [5.41, 5.74) is 1.60. The Hall–Kier alpha value is -0.830. The van der Waals surface area contributed by atoms with E-state index in [1.165, 1.54) is 25.0 Å². The molecule has 3 heteroatoms. The molecule has 14 heavy (non-hydrogen) atoms. The summed E-state index contributed by atoms with van der Waals surface area (Å²) in [4.78, 5) is 4.38. The van der Waals surface area contributed by atoms with Crippen molar-refractivity contribution in [1.29, 1.82) is 0 Å². The van der Waals surface area contributed by atoms with Crippen LogP contribution in [0, 0.1) is 6.92 Å². The predicted molar refractivity (Wildman–Crippen MR) is 57.0 cm³/mol. The van der Waals surface area contributed by atoms with Crippen LogP contribution in [0.15, 0.2) is 6.20 Å². The van der Waals surface area contributed by atoms with Gasteiger partial charge in [0.05, 0.1) is 6.54 Å². The molecule has 1 heterocycles. The maximum atomic E-state index is 4.38. The van der Waals surface area contributed by atoms with Crippen molar-refractivity contribution in [2.75, 3.05) is 0 Å². The van der Waals surface area contributed by atoms with E-state index in [1.54, 1.807) is 0 Å². The lowest BCUT2D eigenvalue weighted by Crippen LogP contribution is -2.47. The summed E-state index contributed by atoms with van der Waals surface area (Å²) < 4.78 is 2.15. The van der Waals surface area contributed by atoms with Gasteiger partial charge in [-0.2, -0.15) is 0 Å². The molecule has 0 atom stereocenters. The molecule has 0 bridgehead atoms. The molecule has 0 aliphatic heterocycles. The van der Waals surface area contributed by atoms with E-state index in [0.717, 1.165) is 12.4 Å². The second-order valence-corrected chi connectivity index (χ2v) is 4.64. The van der Waals surface area contributed by atoms with Gasteiger partial charge < -0.3 is 9.88 Å². The first-order valence-electron chi connectivity index (χ1n) is 5.33. The van der Waals surface area contributed by atoms with Gasteiger partial charge in [0.2, 0.25) is 0 Å². The maximum Gasteiger partial charge on any atom is 0.122 e. The van der Waals surface area contributed by atoms with Crippen molar-refractivity contribution in [2.45, 2.75) is 45.2 Å². The Morgan fingerprint density at radius 2 is 2.29 bits per heavy atom. The number of rotatable bonds is 3. The lowest BCUT2D eigenvalue weighted by Gasteiger charge is -2.39. The van der Waals surface area contributed by atoms with Crippen LogP contribution >= 0.6 is 0 Å². The smallest absolute Gasteiger partial charge is 0.122 e. The summed E-state index contributed by atoms with van der Waals surface area (Å²) in [5.74, 6) is 1.13. The van der Waals surface area contributed by atoms with Gasteiger partial charge in [0.25, 0.3) is 0 Å². The van der Waals surface area contributed by atoms with Gasteiger partial charge in [-0.15, -0.1) is 0 Å². The molecule has 1 aliphatic carbocycles. The average molecular weight is 193 g/mol. The minimum absolute atomic E-state index is 0.375. The largest absolute Gasteiger partial charge is 0.334 e. The summed E-state index contributed by atoms with van der Waals surface area (Å²) in [6, 6.07) is 0. The van der Waals surface area contributed by atoms with Crippen LogP contribution in [0.1, 0.15) is 37.7 Å². The fraction of sp³-hybridized carbons (Fsp3) is 0.727. The standard InChI is InChI=1S/C11H19N3/c1-9-7-12-10(14(9)3)8-13-11(2)5-4-6-11/h7,13H,4-6,8H2,1-3H3. The Labute approximate surface area is 85.5 Å². The Bertz CT molecular complexity index is 323. The molecule has 0 aromatic carbocycles. The second kappa shape index (κ2) is 3.39. The van der Waals surface area contributed by atoms with Crippen LogP contribution in [0.25, 0.3) is 0 Å². The third-order valence-electron chi connectivity index (χ3n) is 3.45. The molecule has 0 radical (unpaired) electrons. The highest BCUT2D eigenvalue weighted by molar-refractivity contribution is 5.03. The zero-order chi connectivity index (χ0) is 10.2. The highest BCUT2D eigenvalue weighted by atomic mass is 15.1. The SMILES string of the molecule is Cc1cnc(CNC2(C)CCC2)n1C. The van der Waals surface area contributed by atoms with E-state index in [4.69, 9.17) is 0 Å². The first-order chi connectivity index (χ1) is 6.61. The van der Waals surface area contributed by atoms with E-state index in [0.29, 0.717) is 5.54 Å². The van der Waals surface area contributed by atoms with E-state index in [1.807, 2.05) is 6.20 Å². The van der Waals surface area contributed by atoms with Gasteiger partial charge in [-0.05, 0) is 33.1 Å². The number of hydrogen-bond donors (Lipinski definition) is 1. The molecular weight excluding hydrogens is 174 g/mol. The van der Waals surface area contributed by atoms with Gasteiger partial charge in [0.15, 0.2) is 0 Å². The second-order valence-electron chi connectivity index (χ2n) is 4.64. The molecule has 1 fully saturated rings. The third kappa shape index (κ3) is 1.69. The fourth-order valence-electron chi connectivity index (χ4n) is 1.89. The van der Waals surface area contributed by atoms with Crippen LogP contribution in [0.2, 0.25) is 0 Å². The van der Waals surface area contributed by atoms with Crippen molar-refractivity contribution >= 4 is 0 Å². The van der Waals surface area contributed by atoms with E-state index in [9.17, 15) is 0 Å². The Morgan fingerprint density at radius 1 is 1.57 bits per heavy atom. The summed E-state index contributed by atoms with van der Waals surface area (Å²) in [7, 11) is 2.07. The highest BCUT2D eigenvalue weighted by Crippen LogP contribution is 2.31. The number of imidazole rings is 1. The predicted octanol–water partition coefficient (Wildman–Crippen LogP) is 1.76. The van der Waals surface area contributed by atoms with Crippen LogP contribution in [0.4, 0.5) is 0 Å². The molecular formula is C11H19N3. The summed E-state index contributed by atoms with van der Waals surface area (Å²) in [5, 5.41) is 3.58. The molecule has 1 aromatic rings. The zero-order valence-electron chi connectivity index (χ0n) is 9.30. The summed E-state index contributed by atoms with van der Waals surface area (Å²) >= 11 is 0. The first kappa shape index (κ1) is 9.71. The minimum Gasteiger partial charge on any atom is -0.334 e. The Kier molecular flexibility index (Phi) is 2.35. The lowest BCUT2D eigenvalue weighted by molar-refractivity contribution is 0.204. The molecule has 1 aromatic heterocycles. The highest BCUT2D eigenvalue weighted by Gasteiger charge is 2.30. The maximum absolute atomic E-state index is 4.38. The van der Waals surface area contributed by atoms with Crippen molar-refractivity contribution in [3.05, 3.63) is 17.7 Å². The van der Waals surface area contributed by atoms with Crippen molar-refractivity contribution in [3.8, 4) is 0 Å². The van der Waals surface area contributed by atoms with Gasteiger partial charge in [-0.3, -0.25) is 0 Å². The average Bonchev–Trinajstić information content (AvgIpc) is 2.42. The molecule has 0 amide bonds. The number of aromatic nitrogens is 2. The number of nitrogens with one attached hydrogen (secondary N) is 1. The van der Waals surface area contributed by atoms with Crippen LogP contribution in [-0.4, -0.2) is 15.1 Å². The van der Waals surface area contributed by atoms with E-state index in [-0.39, 0.29) is 0 Å². The van der Waals surface area contributed by atoms with Gasteiger partial charge in [-0.1, -0.05) is 0 Å². The van der Waals surface area contributed by atoms with Crippen LogP contribution in [0.5, 0.6) is 0 Å². The summed E-state index contributed by atoms with van der Waals surface area (Å²) in [6.07, 6.45) is 5.90. The van der Waals surface area contributed by atoms with E-state index < -0.39 is 0 Å². The molecule has 1 aliphatic rings. The van der Waals surface area contributed by atoms with Crippen molar-refractivity contribution < 1.29 is 0 Å². The van der Waals surface area contributed by atoms with Crippen LogP contribution < -0.4 is 5.32 Å². The molecule has 78 valence electrons. The summed E-state index contributed by atoms with van der Waals surface area (Å²) in [6.45, 7) is 5.27. The molecule has 1 saturated carbocycles. The third-order valence-corrected chi connectivity index (χ3v) is 3.45. The lowest BCUT2D eigenvalue weighted by atomic mass is 9.78. The van der Waals surface area contributed by atoms with E-state index >= 15 is 0 Å². The number of aryl methyl sites for hydroxylation is 1.